The normalized spacial score (nSPS) is 16.8. The third kappa shape index (κ3) is 6.02. The highest BCUT2D eigenvalue weighted by Crippen LogP contribution is 2.22. The molecule has 0 aliphatic carbocycles. The molecule has 3 N–H and O–H groups in total. The molecule has 10 heteroatoms. The van der Waals surface area contributed by atoms with Crippen LogP contribution in [0.5, 0.6) is 0 Å². The number of aromatic nitrogens is 1. The number of halogens is 1. The summed E-state index contributed by atoms with van der Waals surface area (Å²) < 4.78 is 17.6. The molecule has 1 aliphatic heterocycles. The Morgan fingerprint density at radius 2 is 2.14 bits per heavy atom. The van der Waals surface area contributed by atoms with Gasteiger partial charge in [-0.2, -0.15) is 0 Å². The number of amides is 2. The minimum atomic E-state index is -1.06. The van der Waals surface area contributed by atoms with E-state index in [1.807, 2.05) is 6.92 Å². The minimum absolute atomic E-state index is 0.0826. The van der Waals surface area contributed by atoms with E-state index in [-0.39, 0.29) is 23.8 Å². The summed E-state index contributed by atoms with van der Waals surface area (Å²) in [5, 5.41) is 19.4. The molecule has 0 radical (unpaired) electrons. The van der Waals surface area contributed by atoms with Gasteiger partial charge in [0.2, 0.25) is 5.88 Å². The molecule has 1 aromatic heterocycles. The molecular formula is C19H25ClN4O4S. The van der Waals surface area contributed by atoms with Crippen LogP contribution in [-0.4, -0.2) is 62.9 Å². The quantitative estimate of drug-likeness (QED) is 0.552. The largest absolute Gasteiger partial charge is 0.394 e. The average molecular weight is 441 g/mol. The van der Waals surface area contributed by atoms with Gasteiger partial charge in [0.05, 0.1) is 34.4 Å². The van der Waals surface area contributed by atoms with Crippen LogP contribution in [0.2, 0.25) is 5.02 Å². The van der Waals surface area contributed by atoms with Crippen LogP contribution >= 0.6 is 11.6 Å². The van der Waals surface area contributed by atoms with Crippen molar-refractivity contribution in [2.75, 3.05) is 31.6 Å². The third-order valence-electron chi connectivity index (χ3n) is 4.78. The highest BCUT2D eigenvalue weighted by molar-refractivity contribution is 7.85. The van der Waals surface area contributed by atoms with Crippen LogP contribution in [0, 0.1) is 0 Å². The van der Waals surface area contributed by atoms with E-state index < -0.39 is 16.8 Å². The molecular weight excluding hydrogens is 416 g/mol. The van der Waals surface area contributed by atoms with E-state index in [1.165, 1.54) is 0 Å². The minimum Gasteiger partial charge on any atom is -0.394 e. The monoisotopic (exact) mass is 440 g/mol. The van der Waals surface area contributed by atoms with Crippen molar-refractivity contribution >= 4 is 34.3 Å². The molecule has 2 unspecified atom stereocenters. The Balaban J connectivity index is 1.38. The smallest absolute Gasteiger partial charge is 0.321 e. The van der Waals surface area contributed by atoms with Gasteiger partial charge in [-0.1, -0.05) is 23.7 Å². The Hall–Kier alpha value is -1.94. The van der Waals surface area contributed by atoms with E-state index in [0.717, 1.165) is 23.7 Å². The molecule has 1 saturated heterocycles. The van der Waals surface area contributed by atoms with Gasteiger partial charge < -0.3 is 19.8 Å². The second kappa shape index (κ2) is 10.2. The zero-order chi connectivity index (χ0) is 20.8. The van der Waals surface area contributed by atoms with Gasteiger partial charge in [-0.05, 0) is 37.1 Å². The number of benzene rings is 1. The van der Waals surface area contributed by atoms with Crippen LogP contribution in [0.1, 0.15) is 19.0 Å². The van der Waals surface area contributed by atoms with Crippen molar-refractivity contribution in [3.05, 3.63) is 41.0 Å². The Bertz CT molecular complexity index is 839. The second-order valence-corrected chi connectivity index (χ2v) is 9.10. The van der Waals surface area contributed by atoms with Crippen molar-refractivity contribution in [1.29, 1.82) is 0 Å². The number of hydrogen-bond acceptors (Lipinski definition) is 6. The summed E-state index contributed by atoms with van der Waals surface area (Å²) in [6.45, 7) is 3.91. The van der Waals surface area contributed by atoms with E-state index in [9.17, 15) is 14.1 Å². The summed E-state index contributed by atoms with van der Waals surface area (Å²) in [4.78, 5) is 15.0. The van der Waals surface area contributed by atoms with Crippen molar-refractivity contribution in [2.45, 2.75) is 36.0 Å². The van der Waals surface area contributed by atoms with Gasteiger partial charge in [0.25, 0.3) is 0 Å². The number of likely N-dealkylation sites (tertiary alicyclic amines) is 1. The number of hydrogen-bond donors (Lipinski definition) is 3. The molecule has 1 aliphatic rings. The van der Waals surface area contributed by atoms with Gasteiger partial charge in [-0.25, -0.2) is 4.79 Å². The maximum absolute atomic E-state index is 12.5. The summed E-state index contributed by atoms with van der Waals surface area (Å²) in [5.41, 5.74) is 0.752. The first kappa shape index (κ1) is 21.8. The Morgan fingerprint density at radius 3 is 2.76 bits per heavy atom. The predicted molar refractivity (Wildman–Crippen MR) is 112 cm³/mol. The SMILES string of the molecule is CCc1cc(NC(=O)NC(CO)CCN2CC(S(=O)c3ccc(Cl)cc3)C2)on1. The fourth-order valence-electron chi connectivity index (χ4n) is 3.02. The first-order valence-corrected chi connectivity index (χ1v) is 11.1. The maximum atomic E-state index is 12.5. The summed E-state index contributed by atoms with van der Waals surface area (Å²) in [7, 11) is -1.06. The lowest BCUT2D eigenvalue weighted by Gasteiger charge is -2.39. The van der Waals surface area contributed by atoms with Crippen molar-refractivity contribution in [2.24, 2.45) is 0 Å². The molecule has 0 bridgehead atoms. The number of rotatable bonds is 9. The lowest BCUT2D eigenvalue weighted by atomic mass is 10.1. The second-order valence-electron chi connectivity index (χ2n) is 6.94. The fourth-order valence-corrected chi connectivity index (χ4v) is 4.63. The van der Waals surface area contributed by atoms with Crippen LogP contribution in [0.4, 0.5) is 10.7 Å². The highest BCUT2D eigenvalue weighted by Gasteiger charge is 2.32. The van der Waals surface area contributed by atoms with Crippen LogP contribution in [0.25, 0.3) is 0 Å². The number of carbonyl (C=O) groups is 1. The standard InChI is InChI=1S/C19H25ClN4O4S/c1-2-14-9-18(28-23-14)22-19(26)21-15(12-25)7-8-24-10-17(11-24)29(27)16-5-3-13(20)4-6-16/h3-6,9,15,17,25H,2,7-8,10-12H2,1H3,(H2,21,22,26). The topological polar surface area (TPSA) is 108 Å². The molecule has 0 spiro atoms. The van der Waals surface area contributed by atoms with E-state index in [0.29, 0.717) is 24.4 Å². The molecule has 1 aromatic carbocycles. The number of aryl methyl sites for hydroxylation is 1. The van der Waals surface area contributed by atoms with E-state index in [2.05, 4.69) is 20.7 Å². The number of nitrogens with one attached hydrogen (secondary N) is 2. The number of carbonyl (C=O) groups excluding carboxylic acids is 1. The summed E-state index contributed by atoms with van der Waals surface area (Å²) in [6.07, 6.45) is 1.30. The molecule has 8 nitrogen and oxygen atoms in total. The average Bonchev–Trinajstić information content (AvgIpc) is 3.13. The van der Waals surface area contributed by atoms with Gasteiger partial charge in [0.1, 0.15) is 0 Å². The lowest BCUT2D eigenvalue weighted by Crippen LogP contribution is -2.54. The van der Waals surface area contributed by atoms with E-state index >= 15 is 0 Å². The number of aliphatic hydroxyl groups is 1. The molecule has 29 heavy (non-hydrogen) atoms. The zero-order valence-corrected chi connectivity index (χ0v) is 17.7. The molecule has 2 heterocycles. The first-order valence-electron chi connectivity index (χ1n) is 9.51. The van der Waals surface area contributed by atoms with Gasteiger partial charge in [-0.3, -0.25) is 9.53 Å². The Morgan fingerprint density at radius 1 is 1.41 bits per heavy atom. The molecule has 3 rings (SSSR count). The Kier molecular flexibility index (Phi) is 7.65. The van der Waals surface area contributed by atoms with Crippen molar-refractivity contribution in [1.82, 2.24) is 15.4 Å². The summed E-state index contributed by atoms with van der Waals surface area (Å²) in [5.74, 6) is 0.270. The predicted octanol–water partition coefficient (Wildman–Crippen LogP) is 2.25. The van der Waals surface area contributed by atoms with E-state index in [4.69, 9.17) is 16.1 Å². The number of nitrogens with zero attached hydrogens (tertiary/aromatic N) is 2. The van der Waals surface area contributed by atoms with Gasteiger partial charge in [-0.15, -0.1) is 0 Å². The Labute approximate surface area is 177 Å². The maximum Gasteiger partial charge on any atom is 0.321 e. The number of urea groups is 1. The third-order valence-corrected chi connectivity index (χ3v) is 6.67. The molecule has 0 saturated carbocycles. The summed E-state index contributed by atoms with van der Waals surface area (Å²) in [6, 6.07) is 7.91. The highest BCUT2D eigenvalue weighted by atomic mass is 35.5. The fraction of sp³-hybridized carbons (Fsp3) is 0.474. The van der Waals surface area contributed by atoms with Crippen LogP contribution in [0.3, 0.4) is 0 Å². The zero-order valence-electron chi connectivity index (χ0n) is 16.1. The van der Waals surface area contributed by atoms with Crippen molar-refractivity contribution in [3.63, 3.8) is 0 Å². The van der Waals surface area contributed by atoms with Gasteiger partial charge in [0, 0.05) is 35.6 Å². The van der Waals surface area contributed by atoms with Gasteiger partial charge >= 0.3 is 6.03 Å². The van der Waals surface area contributed by atoms with E-state index in [1.54, 1.807) is 30.3 Å². The molecule has 1 fully saturated rings. The first-order chi connectivity index (χ1) is 14.0. The lowest BCUT2D eigenvalue weighted by molar-refractivity contribution is 0.162. The van der Waals surface area contributed by atoms with Crippen molar-refractivity contribution in [3.8, 4) is 0 Å². The molecule has 2 atom stereocenters. The van der Waals surface area contributed by atoms with Gasteiger partial charge in [0.15, 0.2) is 0 Å². The van der Waals surface area contributed by atoms with Crippen LogP contribution in [-0.2, 0) is 17.2 Å². The molecule has 2 aromatic rings. The number of aliphatic hydroxyl groups excluding tert-OH is 1. The molecule has 158 valence electrons. The molecule has 2 amide bonds. The van der Waals surface area contributed by atoms with Crippen molar-refractivity contribution < 1.29 is 18.6 Å². The van der Waals surface area contributed by atoms with Crippen LogP contribution < -0.4 is 10.6 Å². The number of anilines is 1. The summed E-state index contributed by atoms with van der Waals surface area (Å²) >= 11 is 5.87. The van der Waals surface area contributed by atoms with Crippen LogP contribution in [0.15, 0.2) is 39.8 Å².